The third-order valence-electron chi connectivity index (χ3n) is 6.69. The van der Waals surface area contributed by atoms with Gasteiger partial charge in [0.1, 0.15) is 10.1 Å². The van der Waals surface area contributed by atoms with Gasteiger partial charge in [-0.3, -0.25) is 0 Å². The maximum absolute atomic E-state index is 12.4. The highest BCUT2D eigenvalue weighted by atomic mass is 32.2. The summed E-state index contributed by atoms with van der Waals surface area (Å²) in [4.78, 5) is 0.156. The molecular formula is C22H33O3S-. The molecule has 1 aromatic carbocycles. The van der Waals surface area contributed by atoms with E-state index in [4.69, 9.17) is 0 Å². The van der Waals surface area contributed by atoms with Crippen LogP contribution in [0.25, 0.3) is 0 Å². The Morgan fingerprint density at radius 2 is 1.35 bits per heavy atom. The molecule has 0 bridgehead atoms. The van der Waals surface area contributed by atoms with Gasteiger partial charge in [0.2, 0.25) is 0 Å². The molecule has 2 saturated carbocycles. The fraction of sp³-hybridized carbons (Fsp3) is 0.727. The molecule has 2 aliphatic carbocycles. The molecule has 0 radical (unpaired) electrons. The van der Waals surface area contributed by atoms with Crippen LogP contribution in [0.2, 0.25) is 0 Å². The monoisotopic (exact) mass is 377 g/mol. The lowest BCUT2D eigenvalue weighted by molar-refractivity contribution is 0.415. The van der Waals surface area contributed by atoms with Crippen molar-refractivity contribution in [2.75, 3.05) is 0 Å². The minimum absolute atomic E-state index is 0.156. The van der Waals surface area contributed by atoms with Crippen LogP contribution in [0.1, 0.15) is 119 Å². The summed E-state index contributed by atoms with van der Waals surface area (Å²) in [6, 6.07) is 4.14. The van der Waals surface area contributed by atoms with Crippen molar-refractivity contribution in [3.05, 3.63) is 28.8 Å². The van der Waals surface area contributed by atoms with E-state index < -0.39 is 10.1 Å². The van der Waals surface area contributed by atoms with E-state index in [0.29, 0.717) is 5.92 Å². The van der Waals surface area contributed by atoms with Crippen LogP contribution < -0.4 is 0 Å². The van der Waals surface area contributed by atoms with E-state index in [1.165, 1.54) is 18.4 Å². The first kappa shape index (κ1) is 19.9. The van der Waals surface area contributed by atoms with E-state index in [2.05, 4.69) is 26.0 Å². The van der Waals surface area contributed by atoms with Crippen molar-refractivity contribution in [3.8, 4) is 0 Å². The predicted octanol–water partition coefficient (Wildman–Crippen LogP) is 6.20. The van der Waals surface area contributed by atoms with E-state index in [1.54, 1.807) is 0 Å². The van der Waals surface area contributed by atoms with Crippen molar-refractivity contribution < 1.29 is 13.0 Å². The Kier molecular flexibility index (Phi) is 6.45. The van der Waals surface area contributed by atoms with Gasteiger partial charge in [0.05, 0.1) is 4.90 Å². The van der Waals surface area contributed by atoms with Crippen molar-refractivity contribution in [2.24, 2.45) is 0 Å². The topological polar surface area (TPSA) is 57.2 Å². The van der Waals surface area contributed by atoms with Gasteiger partial charge in [0.25, 0.3) is 0 Å². The predicted molar refractivity (Wildman–Crippen MR) is 105 cm³/mol. The van der Waals surface area contributed by atoms with E-state index in [-0.39, 0.29) is 16.7 Å². The van der Waals surface area contributed by atoms with Crippen molar-refractivity contribution >= 4 is 10.1 Å². The molecule has 146 valence electrons. The second kappa shape index (κ2) is 8.43. The minimum atomic E-state index is -4.46. The fourth-order valence-corrected chi connectivity index (χ4v) is 5.97. The van der Waals surface area contributed by atoms with Crippen LogP contribution >= 0.6 is 0 Å². The van der Waals surface area contributed by atoms with Gasteiger partial charge in [-0.1, -0.05) is 64.5 Å². The number of hydrogen-bond donors (Lipinski definition) is 0. The Morgan fingerprint density at radius 1 is 0.923 bits per heavy atom. The van der Waals surface area contributed by atoms with E-state index >= 15 is 0 Å². The largest absolute Gasteiger partial charge is 0.744 e. The Labute approximate surface area is 159 Å². The standard InChI is InChI=1S/C22H34O3S/c1-3-16(2)19-14-20(17-10-6-4-7-11-17)22(26(23,24)25)21(15-19)18-12-8-5-9-13-18/h14-18H,3-13H2,1-2H3,(H,23,24,25)/p-1. The average Bonchev–Trinajstić information content (AvgIpc) is 2.67. The zero-order chi connectivity index (χ0) is 18.7. The molecule has 0 saturated heterocycles. The van der Waals surface area contributed by atoms with Gasteiger partial charge in [-0.25, -0.2) is 8.42 Å². The molecule has 4 heteroatoms. The first-order valence-corrected chi connectivity index (χ1v) is 12.0. The van der Waals surface area contributed by atoms with E-state index in [1.807, 2.05) is 0 Å². The molecule has 0 heterocycles. The van der Waals surface area contributed by atoms with Gasteiger partial charge in [-0.2, -0.15) is 0 Å². The van der Waals surface area contributed by atoms with Gasteiger partial charge in [0.15, 0.2) is 0 Å². The highest BCUT2D eigenvalue weighted by Gasteiger charge is 2.28. The maximum atomic E-state index is 12.4. The van der Waals surface area contributed by atoms with Crippen LogP contribution in [0.3, 0.4) is 0 Å². The molecule has 0 aliphatic heterocycles. The molecule has 0 amide bonds. The quantitative estimate of drug-likeness (QED) is 0.574. The number of hydrogen-bond acceptors (Lipinski definition) is 3. The van der Waals surface area contributed by atoms with Gasteiger partial charge in [-0.15, -0.1) is 0 Å². The van der Waals surface area contributed by atoms with Crippen molar-refractivity contribution in [2.45, 2.75) is 107 Å². The van der Waals surface area contributed by atoms with Crippen LogP contribution in [-0.4, -0.2) is 13.0 Å². The van der Waals surface area contributed by atoms with Crippen LogP contribution in [0.15, 0.2) is 17.0 Å². The molecule has 3 rings (SSSR count). The Bertz CT molecular complexity index is 672. The second-order valence-electron chi connectivity index (χ2n) is 8.46. The molecule has 3 nitrogen and oxygen atoms in total. The zero-order valence-corrected chi connectivity index (χ0v) is 17.1. The smallest absolute Gasteiger partial charge is 0.124 e. The van der Waals surface area contributed by atoms with Gasteiger partial charge >= 0.3 is 0 Å². The summed E-state index contributed by atoms with van der Waals surface area (Å²) in [5, 5.41) is 0. The summed E-state index contributed by atoms with van der Waals surface area (Å²) < 4.78 is 37.1. The summed E-state index contributed by atoms with van der Waals surface area (Å²) in [5.41, 5.74) is 2.91. The summed E-state index contributed by atoms with van der Waals surface area (Å²) in [7, 11) is -4.46. The Hall–Kier alpha value is -0.870. The van der Waals surface area contributed by atoms with Crippen LogP contribution in [0.4, 0.5) is 0 Å². The molecule has 0 spiro atoms. The summed E-state index contributed by atoms with van der Waals surface area (Å²) in [6.07, 6.45) is 12.0. The summed E-state index contributed by atoms with van der Waals surface area (Å²) in [5.74, 6) is 0.853. The summed E-state index contributed by atoms with van der Waals surface area (Å²) >= 11 is 0. The lowest BCUT2D eigenvalue weighted by atomic mass is 9.78. The number of rotatable bonds is 5. The van der Waals surface area contributed by atoms with Crippen LogP contribution in [0.5, 0.6) is 0 Å². The molecule has 2 aliphatic rings. The van der Waals surface area contributed by atoms with E-state index in [9.17, 15) is 13.0 Å². The van der Waals surface area contributed by atoms with Crippen molar-refractivity contribution in [3.63, 3.8) is 0 Å². The first-order chi connectivity index (χ1) is 12.4. The fourth-order valence-electron chi connectivity index (χ4n) is 4.94. The molecule has 1 aromatic rings. The highest BCUT2D eigenvalue weighted by Crippen LogP contribution is 2.44. The first-order valence-electron chi connectivity index (χ1n) is 10.6. The minimum Gasteiger partial charge on any atom is -0.744 e. The van der Waals surface area contributed by atoms with Crippen molar-refractivity contribution in [1.29, 1.82) is 0 Å². The molecule has 0 aromatic heterocycles. The number of benzene rings is 1. The van der Waals surface area contributed by atoms with Crippen molar-refractivity contribution in [1.82, 2.24) is 0 Å². The lowest BCUT2D eigenvalue weighted by Crippen LogP contribution is -2.17. The molecular weight excluding hydrogens is 344 g/mol. The molecule has 26 heavy (non-hydrogen) atoms. The molecule has 2 fully saturated rings. The molecule has 1 unspecified atom stereocenters. The Balaban J connectivity index is 2.18. The SMILES string of the molecule is CCC(C)c1cc(C2CCCCC2)c(S(=O)(=O)[O-])c(C2CCCCC2)c1. The van der Waals surface area contributed by atoms with Crippen LogP contribution in [-0.2, 0) is 10.1 Å². The second-order valence-corrected chi connectivity index (χ2v) is 9.78. The molecule has 0 N–H and O–H groups in total. The molecule has 1 atom stereocenters. The normalized spacial score (nSPS) is 21.7. The summed E-state index contributed by atoms with van der Waals surface area (Å²) in [6.45, 7) is 4.37. The van der Waals surface area contributed by atoms with E-state index in [0.717, 1.165) is 68.9 Å². The maximum Gasteiger partial charge on any atom is 0.124 e. The Morgan fingerprint density at radius 3 is 1.69 bits per heavy atom. The highest BCUT2D eigenvalue weighted by molar-refractivity contribution is 7.85. The van der Waals surface area contributed by atoms with Gasteiger partial charge in [-0.05, 0) is 66.5 Å². The average molecular weight is 378 g/mol. The zero-order valence-electron chi connectivity index (χ0n) is 16.3. The van der Waals surface area contributed by atoms with Gasteiger partial charge in [0, 0.05) is 0 Å². The lowest BCUT2D eigenvalue weighted by Gasteiger charge is -2.32. The van der Waals surface area contributed by atoms with Crippen LogP contribution in [0, 0.1) is 0 Å². The third kappa shape index (κ3) is 4.33. The van der Waals surface area contributed by atoms with Gasteiger partial charge < -0.3 is 4.55 Å². The third-order valence-corrected chi connectivity index (χ3v) is 7.66.